The molecular formula is C17H24N2O2. The molecule has 0 saturated carbocycles. The van der Waals surface area contributed by atoms with Gasteiger partial charge in [0.15, 0.2) is 0 Å². The van der Waals surface area contributed by atoms with Gasteiger partial charge in [-0.1, -0.05) is 30.3 Å². The van der Waals surface area contributed by atoms with Crippen LogP contribution in [0, 0.1) is 5.92 Å². The normalized spacial score (nSPS) is 16.0. The Morgan fingerprint density at radius 2 is 1.81 bits per heavy atom. The van der Waals surface area contributed by atoms with Gasteiger partial charge in [0.25, 0.3) is 0 Å². The summed E-state index contributed by atoms with van der Waals surface area (Å²) in [5.74, 6) is -0.266. The predicted octanol–water partition coefficient (Wildman–Crippen LogP) is 1.99. The molecule has 1 saturated heterocycles. The minimum atomic E-state index is -0.480. The van der Waals surface area contributed by atoms with Crippen molar-refractivity contribution in [3.63, 3.8) is 0 Å². The monoisotopic (exact) mass is 288 g/mol. The van der Waals surface area contributed by atoms with Crippen molar-refractivity contribution in [2.45, 2.75) is 39.2 Å². The molecule has 0 spiro atoms. The van der Waals surface area contributed by atoms with Gasteiger partial charge in [0.2, 0.25) is 0 Å². The van der Waals surface area contributed by atoms with E-state index in [0.29, 0.717) is 19.0 Å². The number of carbonyl (C=O) groups is 2. The lowest BCUT2D eigenvalue weighted by molar-refractivity contribution is -0.147. The predicted molar refractivity (Wildman–Crippen MR) is 82.7 cm³/mol. The fourth-order valence-corrected chi connectivity index (χ4v) is 2.76. The van der Waals surface area contributed by atoms with Gasteiger partial charge in [0, 0.05) is 19.1 Å². The molecule has 1 aromatic rings. The zero-order chi connectivity index (χ0) is 15.2. The second-order valence-electron chi connectivity index (χ2n) is 6.05. The van der Waals surface area contributed by atoms with Crippen LogP contribution in [0.4, 0.5) is 0 Å². The molecule has 0 aromatic heterocycles. The third-order valence-corrected chi connectivity index (χ3v) is 3.88. The number of nitrogens with one attached hydrogen (secondary N) is 1. The van der Waals surface area contributed by atoms with Gasteiger partial charge in [-0.25, -0.2) is 0 Å². The summed E-state index contributed by atoms with van der Waals surface area (Å²) in [6.07, 6.45) is 2.99. The van der Waals surface area contributed by atoms with Crippen LogP contribution < -0.4 is 5.32 Å². The van der Waals surface area contributed by atoms with Crippen LogP contribution in [0.25, 0.3) is 0 Å². The number of nitrogens with zero attached hydrogens (tertiary/aromatic N) is 1. The van der Waals surface area contributed by atoms with Gasteiger partial charge in [-0.3, -0.25) is 9.59 Å². The molecule has 4 heteroatoms. The molecule has 1 heterocycles. The summed E-state index contributed by atoms with van der Waals surface area (Å²) in [6.45, 7) is 5.08. The number of carbonyl (C=O) groups excluding carboxylic acids is 2. The van der Waals surface area contributed by atoms with Gasteiger partial charge in [0.1, 0.15) is 0 Å². The van der Waals surface area contributed by atoms with Gasteiger partial charge in [-0.15, -0.1) is 0 Å². The van der Waals surface area contributed by atoms with Crippen LogP contribution >= 0.6 is 0 Å². The number of amides is 2. The molecule has 0 aliphatic carbocycles. The fraction of sp³-hybridized carbons (Fsp3) is 0.529. The van der Waals surface area contributed by atoms with Gasteiger partial charge in [0.05, 0.1) is 0 Å². The van der Waals surface area contributed by atoms with E-state index in [-0.39, 0.29) is 11.9 Å². The highest BCUT2D eigenvalue weighted by molar-refractivity contribution is 6.35. The molecule has 0 bridgehead atoms. The molecule has 0 radical (unpaired) electrons. The van der Waals surface area contributed by atoms with E-state index >= 15 is 0 Å². The van der Waals surface area contributed by atoms with Crippen LogP contribution in [0.2, 0.25) is 0 Å². The van der Waals surface area contributed by atoms with Crippen molar-refractivity contribution in [3.05, 3.63) is 35.9 Å². The van der Waals surface area contributed by atoms with Crippen LogP contribution in [0.1, 0.15) is 32.3 Å². The summed E-state index contributed by atoms with van der Waals surface area (Å²) in [6, 6.07) is 10.4. The minimum absolute atomic E-state index is 0.00271. The summed E-state index contributed by atoms with van der Waals surface area (Å²) in [7, 11) is 0. The number of benzene rings is 1. The highest BCUT2D eigenvalue weighted by Crippen LogP contribution is 2.21. The maximum absolute atomic E-state index is 12.0. The molecule has 0 atom stereocenters. The first-order valence-electron chi connectivity index (χ1n) is 7.70. The number of hydrogen-bond donors (Lipinski definition) is 1. The van der Waals surface area contributed by atoms with Crippen LogP contribution in [0.3, 0.4) is 0 Å². The SMILES string of the molecule is CC(C)NC(=O)C(=O)N1CCC(Cc2ccccc2)CC1. The maximum Gasteiger partial charge on any atom is 0.311 e. The third kappa shape index (κ3) is 4.59. The van der Waals surface area contributed by atoms with E-state index in [0.717, 1.165) is 19.3 Å². The maximum atomic E-state index is 12.0. The van der Waals surface area contributed by atoms with Crippen molar-refractivity contribution in [2.75, 3.05) is 13.1 Å². The zero-order valence-corrected chi connectivity index (χ0v) is 12.8. The minimum Gasteiger partial charge on any atom is -0.346 e. The van der Waals surface area contributed by atoms with E-state index in [1.165, 1.54) is 5.56 Å². The third-order valence-electron chi connectivity index (χ3n) is 3.88. The van der Waals surface area contributed by atoms with Crippen molar-refractivity contribution in [1.29, 1.82) is 0 Å². The molecule has 1 aliphatic rings. The van der Waals surface area contributed by atoms with Crippen LogP contribution in [0.15, 0.2) is 30.3 Å². The van der Waals surface area contributed by atoms with Crippen molar-refractivity contribution in [1.82, 2.24) is 10.2 Å². The van der Waals surface area contributed by atoms with Crippen LogP contribution in [0.5, 0.6) is 0 Å². The van der Waals surface area contributed by atoms with E-state index in [1.807, 2.05) is 19.9 Å². The Morgan fingerprint density at radius 1 is 1.19 bits per heavy atom. The summed E-state index contributed by atoms with van der Waals surface area (Å²) >= 11 is 0. The smallest absolute Gasteiger partial charge is 0.311 e. The first kappa shape index (κ1) is 15.5. The highest BCUT2D eigenvalue weighted by Gasteiger charge is 2.27. The highest BCUT2D eigenvalue weighted by atomic mass is 16.2. The van der Waals surface area contributed by atoms with Crippen molar-refractivity contribution in [3.8, 4) is 0 Å². The van der Waals surface area contributed by atoms with Gasteiger partial charge in [-0.2, -0.15) is 0 Å². The van der Waals surface area contributed by atoms with Crippen LogP contribution in [-0.2, 0) is 16.0 Å². The van der Waals surface area contributed by atoms with Gasteiger partial charge >= 0.3 is 11.8 Å². The molecule has 1 aromatic carbocycles. The van der Waals surface area contributed by atoms with Crippen molar-refractivity contribution >= 4 is 11.8 Å². The number of hydrogen-bond acceptors (Lipinski definition) is 2. The molecule has 1 aliphatic heterocycles. The second-order valence-corrected chi connectivity index (χ2v) is 6.05. The summed E-state index contributed by atoms with van der Waals surface area (Å²) < 4.78 is 0. The van der Waals surface area contributed by atoms with E-state index in [9.17, 15) is 9.59 Å². The molecule has 2 rings (SSSR count). The molecular weight excluding hydrogens is 264 g/mol. The summed E-state index contributed by atoms with van der Waals surface area (Å²) in [5, 5.41) is 2.66. The Hall–Kier alpha value is -1.84. The summed E-state index contributed by atoms with van der Waals surface area (Å²) in [5.41, 5.74) is 1.35. The van der Waals surface area contributed by atoms with E-state index in [2.05, 4.69) is 29.6 Å². The number of rotatable bonds is 3. The van der Waals surface area contributed by atoms with E-state index in [1.54, 1.807) is 4.90 Å². The molecule has 21 heavy (non-hydrogen) atoms. The van der Waals surface area contributed by atoms with Crippen LogP contribution in [-0.4, -0.2) is 35.8 Å². The lowest BCUT2D eigenvalue weighted by Crippen LogP contribution is -2.48. The Kier molecular flexibility index (Phi) is 5.37. The Bertz CT molecular complexity index is 477. The van der Waals surface area contributed by atoms with Crippen molar-refractivity contribution < 1.29 is 9.59 Å². The lowest BCUT2D eigenvalue weighted by Gasteiger charge is -2.31. The Balaban J connectivity index is 1.80. The molecule has 1 N–H and O–H groups in total. The topological polar surface area (TPSA) is 49.4 Å². The average molecular weight is 288 g/mol. The standard InChI is InChI=1S/C17H24N2O2/c1-13(2)18-16(20)17(21)19-10-8-15(9-11-19)12-14-6-4-3-5-7-14/h3-7,13,15H,8-12H2,1-2H3,(H,18,20). The Morgan fingerprint density at radius 3 is 2.38 bits per heavy atom. The largest absolute Gasteiger partial charge is 0.346 e. The molecule has 2 amide bonds. The molecule has 114 valence electrons. The average Bonchev–Trinajstić information content (AvgIpc) is 2.47. The second kappa shape index (κ2) is 7.25. The summed E-state index contributed by atoms with van der Waals surface area (Å²) in [4.78, 5) is 25.4. The molecule has 0 unspecified atom stereocenters. The van der Waals surface area contributed by atoms with E-state index in [4.69, 9.17) is 0 Å². The number of likely N-dealkylation sites (tertiary alicyclic amines) is 1. The first-order chi connectivity index (χ1) is 10.1. The zero-order valence-electron chi connectivity index (χ0n) is 12.8. The van der Waals surface area contributed by atoms with E-state index < -0.39 is 5.91 Å². The fourth-order valence-electron chi connectivity index (χ4n) is 2.76. The molecule has 1 fully saturated rings. The van der Waals surface area contributed by atoms with Gasteiger partial charge < -0.3 is 10.2 Å². The van der Waals surface area contributed by atoms with Gasteiger partial charge in [-0.05, 0) is 44.6 Å². The lowest BCUT2D eigenvalue weighted by atomic mass is 9.90. The first-order valence-corrected chi connectivity index (χ1v) is 7.70. The number of piperidine rings is 1. The van der Waals surface area contributed by atoms with Crippen molar-refractivity contribution in [2.24, 2.45) is 5.92 Å². The molecule has 4 nitrogen and oxygen atoms in total. The quantitative estimate of drug-likeness (QED) is 0.865. The Labute approximate surface area is 126 Å².